The second-order valence-electron chi connectivity index (χ2n) is 5.56. The van der Waals surface area contributed by atoms with Crippen molar-refractivity contribution in [1.82, 2.24) is 9.97 Å². The van der Waals surface area contributed by atoms with Gasteiger partial charge in [0, 0.05) is 5.69 Å². The Bertz CT molecular complexity index is 823. The van der Waals surface area contributed by atoms with Crippen LogP contribution in [0.5, 0.6) is 0 Å². The predicted molar refractivity (Wildman–Crippen MR) is 96.0 cm³/mol. The number of rotatable bonds is 4. The van der Waals surface area contributed by atoms with Gasteiger partial charge in [-0.05, 0) is 50.1 Å². The van der Waals surface area contributed by atoms with E-state index in [1.165, 1.54) is 17.3 Å². The van der Waals surface area contributed by atoms with E-state index in [0.29, 0.717) is 0 Å². The molecular weight excluding hydrogens is 306 g/mol. The number of aryl methyl sites for hydroxylation is 1. The van der Waals surface area contributed by atoms with Gasteiger partial charge in [-0.1, -0.05) is 36.0 Å². The first kappa shape index (κ1) is 15.6. The minimum Gasteiger partial charge on any atom is -0.333 e. The molecule has 0 spiro atoms. The number of hydrogen-bond donors (Lipinski definition) is 2. The third-order valence-corrected chi connectivity index (χ3v) is 4.87. The molecule has 0 aliphatic heterocycles. The zero-order valence-corrected chi connectivity index (χ0v) is 14.2. The molecule has 118 valence electrons. The van der Waals surface area contributed by atoms with Crippen molar-refractivity contribution in [2.75, 3.05) is 5.32 Å². The molecule has 0 radical (unpaired) electrons. The fourth-order valence-corrected chi connectivity index (χ4v) is 3.15. The summed E-state index contributed by atoms with van der Waals surface area (Å²) in [5.74, 6) is -0.0239. The number of carbonyl (C=O) groups is 1. The molecule has 1 heterocycles. The molecule has 0 aliphatic rings. The number of nitrogens with one attached hydrogen (secondary N) is 2. The van der Waals surface area contributed by atoms with Crippen LogP contribution in [0.3, 0.4) is 0 Å². The standard InChI is InChI=1S/C18H19N3OS/c1-11-7-6-10-14(12(11)2)19-17(22)13(3)23-18-20-15-8-4-5-9-16(15)21-18/h4-10,13H,1-3H3,(H,19,22)(H,20,21). The first-order chi connectivity index (χ1) is 11.0. The van der Waals surface area contributed by atoms with Crippen molar-refractivity contribution in [3.8, 4) is 0 Å². The SMILES string of the molecule is Cc1cccc(NC(=O)C(C)Sc2nc3ccccc3[nH]2)c1C. The largest absolute Gasteiger partial charge is 0.333 e. The quantitative estimate of drug-likeness (QED) is 0.703. The van der Waals surface area contributed by atoms with Crippen LogP contribution in [0.25, 0.3) is 11.0 Å². The lowest BCUT2D eigenvalue weighted by atomic mass is 10.1. The lowest BCUT2D eigenvalue weighted by molar-refractivity contribution is -0.115. The van der Waals surface area contributed by atoms with Crippen LogP contribution in [0.2, 0.25) is 0 Å². The number of thioether (sulfide) groups is 1. The van der Waals surface area contributed by atoms with E-state index < -0.39 is 0 Å². The molecule has 1 unspecified atom stereocenters. The molecule has 0 aliphatic carbocycles. The lowest BCUT2D eigenvalue weighted by Gasteiger charge is -2.13. The number of para-hydroxylation sites is 2. The van der Waals surface area contributed by atoms with Gasteiger partial charge in [0.15, 0.2) is 5.16 Å². The topological polar surface area (TPSA) is 57.8 Å². The Morgan fingerprint density at radius 1 is 1.17 bits per heavy atom. The highest BCUT2D eigenvalue weighted by Crippen LogP contribution is 2.25. The Balaban J connectivity index is 1.71. The van der Waals surface area contributed by atoms with Crippen LogP contribution in [0.1, 0.15) is 18.1 Å². The zero-order valence-electron chi connectivity index (χ0n) is 13.4. The Hall–Kier alpha value is -2.27. The maximum atomic E-state index is 12.4. The maximum Gasteiger partial charge on any atom is 0.237 e. The summed E-state index contributed by atoms with van der Waals surface area (Å²) in [4.78, 5) is 20.2. The summed E-state index contributed by atoms with van der Waals surface area (Å²) in [7, 11) is 0. The third-order valence-electron chi connectivity index (χ3n) is 3.89. The molecule has 23 heavy (non-hydrogen) atoms. The number of nitrogens with zero attached hydrogens (tertiary/aromatic N) is 1. The first-order valence-electron chi connectivity index (χ1n) is 7.53. The van der Waals surface area contributed by atoms with Crippen molar-refractivity contribution in [2.45, 2.75) is 31.2 Å². The normalized spacial score (nSPS) is 12.3. The van der Waals surface area contributed by atoms with E-state index in [1.54, 1.807) is 0 Å². The van der Waals surface area contributed by atoms with Crippen molar-refractivity contribution >= 4 is 34.4 Å². The van der Waals surface area contributed by atoms with Gasteiger partial charge in [0.25, 0.3) is 0 Å². The smallest absolute Gasteiger partial charge is 0.237 e. The van der Waals surface area contributed by atoms with E-state index >= 15 is 0 Å². The van der Waals surface area contributed by atoms with Crippen LogP contribution in [0.15, 0.2) is 47.6 Å². The van der Waals surface area contributed by atoms with Gasteiger partial charge in [0.2, 0.25) is 5.91 Å². The molecule has 0 saturated heterocycles. The van der Waals surface area contributed by atoms with E-state index in [1.807, 2.05) is 63.2 Å². The fraction of sp³-hybridized carbons (Fsp3) is 0.222. The molecule has 1 aromatic heterocycles. The minimum absolute atomic E-state index is 0.0239. The van der Waals surface area contributed by atoms with Gasteiger partial charge in [-0.25, -0.2) is 4.98 Å². The van der Waals surface area contributed by atoms with Gasteiger partial charge >= 0.3 is 0 Å². The van der Waals surface area contributed by atoms with Crippen LogP contribution < -0.4 is 5.32 Å². The van der Waals surface area contributed by atoms with Crippen LogP contribution >= 0.6 is 11.8 Å². The number of amides is 1. The molecule has 1 atom stereocenters. The molecular formula is C18H19N3OS. The van der Waals surface area contributed by atoms with E-state index in [9.17, 15) is 4.79 Å². The predicted octanol–water partition coefficient (Wildman–Crippen LogP) is 4.30. The molecule has 2 aromatic carbocycles. The van der Waals surface area contributed by atoms with Gasteiger partial charge in [0.1, 0.15) is 0 Å². The number of anilines is 1. The van der Waals surface area contributed by atoms with E-state index in [2.05, 4.69) is 15.3 Å². The highest BCUT2D eigenvalue weighted by Gasteiger charge is 2.17. The summed E-state index contributed by atoms with van der Waals surface area (Å²) in [5.41, 5.74) is 5.03. The van der Waals surface area contributed by atoms with Crippen LogP contribution in [0, 0.1) is 13.8 Å². The zero-order chi connectivity index (χ0) is 16.4. The van der Waals surface area contributed by atoms with Gasteiger partial charge in [-0.2, -0.15) is 0 Å². The number of fused-ring (bicyclic) bond motifs is 1. The van der Waals surface area contributed by atoms with Crippen molar-refractivity contribution in [1.29, 1.82) is 0 Å². The molecule has 0 saturated carbocycles. The van der Waals surface area contributed by atoms with E-state index in [0.717, 1.165) is 27.4 Å². The highest BCUT2D eigenvalue weighted by atomic mass is 32.2. The van der Waals surface area contributed by atoms with Crippen molar-refractivity contribution in [3.05, 3.63) is 53.6 Å². The second kappa shape index (κ2) is 6.46. The Morgan fingerprint density at radius 2 is 1.96 bits per heavy atom. The molecule has 2 N–H and O–H groups in total. The average Bonchev–Trinajstić information content (AvgIpc) is 2.93. The number of imidazole rings is 1. The van der Waals surface area contributed by atoms with Crippen molar-refractivity contribution < 1.29 is 4.79 Å². The van der Waals surface area contributed by atoms with Gasteiger partial charge in [0.05, 0.1) is 16.3 Å². The van der Waals surface area contributed by atoms with E-state index in [4.69, 9.17) is 0 Å². The average molecular weight is 325 g/mol. The minimum atomic E-state index is -0.240. The molecule has 5 heteroatoms. The number of H-pyrrole nitrogens is 1. The first-order valence-corrected chi connectivity index (χ1v) is 8.41. The summed E-state index contributed by atoms with van der Waals surface area (Å²) < 4.78 is 0. The molecule has 3 rings (SSSR count). The number of aromatic amines is 1. The number of carbonyl (C=O) groups excluding carboxylic acids is 1. The molecule has 1 amide bonds. The van der Waals surface area contributed by atoms with Gasteiger partial charge in [-0.15, -0.1) is 0 Å². The summed E-state index contributed by atoms with van der Waals surface area (Å²) in [6.07, 6.45) is 0. The molecule has 0 fully saturated rings. The maximum absolute atomic E-state index is 12.4. The second-order valence-corrected chi connectivity index (χ2v) is 6.89. The Morgan fingerprint density at radius 3 is 2.74 bits per heavy atom. The third kappa shape index (κ3) is 3.40. The molecule has 3 aromatic rings. The molecule has 4 nitrogen and oxygen atoms in total. The molecule has 0 bridgehead atoms. The monoisotopic (exact) mass is 325 g/mol. The number of aromatic nitrogens is 2. The van der Waals surface area contributed by atoms with Gasteiger partial charge in [-0.3, -0.25) is 4.79 Å². The van der Waals surface area contributed by atoms with Crippen molar-refractivity contribution in [2.24, 2.45) is 0 Å². The Labute approximate surface area is 139 Å². The van der Waals surface area contributed by atoms with Crippen molar-refractivity contribution in [3.63, 3.8) is 0 Å². The summed E-state index contributed by atoms with van der Waals surface area (Å²) in [5, 5.41) is 3.52. The number of benzene rings is 2. The van der Waals surface area contributed by atoms with Gasteiger partial charge < -0.3 is 10.3 Å². The van der Waals surface area contributed by atoms with Crippen LogP contribution in [-0.4, -0.2) is 21.1 Å². The summed E-state index contributed by atoms with van der Waals surface area (Å²) in [6, 6.07) is 13.8. The van der Waals surface area contributed by atoms with E-state index in [-0.39, 0.29) is 11.2 Å². The lowest BCUT2D eigenvalue weighted by Crippen LogP contribution is -2.23. The summed E-state index contributed by atoms with van der Waals surface area (Å²) in [6.45, 7) is 5.94. The summed E-state index contributed by atoms with van der Waals surface area (Å²) >= 11 is 1.43. The number of hydrogen-bond acceptors (Lipinski definition) is 3. The highest BCUT2D eigenvalue weighted by molar-refractivity contribution is 8.00. The van der Waals surface area contributed by atoms with Crippen LogP contribution in [0.4, 0.5) is 5.69 Å². The fourth-order valence-electron chi connectivity index (χ4n) is 2.33. The Kier molecular flexibility index (Phi) is 4.39. The van der Waals surface area contributed by atoms with Crippen LogP contribution in [-0.2, 0) is 4.79 Å².